The van der Waals surface area contributed by atoms with E-state index in [-0.39, 0.29) is 5.54 Å². The van der Waals surface area contributed by atoms with E-state index in [1.807, 2.05) is 35.0 Å². The van der Waals surface area contributed by atoms with E-state index < -0.39 is 5.97 Å². The van der Waals surface area contributed by atoms with Gasteiger partial charge in [0.1, 0.15) is 0 Å². The molecule has 1 aliphatic rings. The summed E-state index contributed by atoms with van der Waals surface area (Å²) in [5.74, 6) is -0.893. The molecule has 1 fully saturated rings. The maximum Gasteiger partial charge on any atom is 0.335 e. The summed E-state index contributed by atoms with van der Waals surface area (Å²) in [6.45, 7) is 4.03. The highest BCUT2D eigenvalue weighted by Gasteiger charge is 2.40. The molecule has 0 amide bonds. The van der Waals surface area contributed by atoms with Gasteiger partial charge in [0.15, 0.2) is 5.65 Å². The van der Waals surface area contributed by atoms with Crippen molar-refractivity contribution in [3.63, 3.8) is 0 Å². The second kappa shape index (κ2) is 5.97. The number of aromatic carboxylic acids is 1. The summed E-state index contributed by atoms with van der Waals surface area (Å²) in [4.78, 5) is 17.8. The maximum absolute atomic E-state index is 11.0. The zero-order valence-electron chi connectivity index (χ0n) is 14.1. The molecule has 1 aromatic carbocycles. The van der Waals surface area contributed by atoms with Gasteiger partial charge in [-0.15, -0.1) is 0 Å². The van der Waals surface area contributed by atoms with Crippen LogP contribution in [0.2, 0.25) is 0 Å². The predicted octanol–water partition coefficient (Wildman–Crippen LogP) is 2.94. The molecule has 1 atom stereocenters. The summed E-state index contributed by atoms with van der Waals surface area (Å²) in [6.07, 6.45) is 5.79. The molecule has 0 bridgehead atoms. The average molecular weight is 336 g/mol. The standard InChI is InChI=1S/C19H20N4O2/c1-19(16-7-10-20-17-8-11-21-23(16)17)9-2-12-22(19)13-14-3-5-15(6-4-14)18(24)25/h3-8,10-11H,2,9,12-13H2,1H3,(H,24,25)/t19-/m0/s1. The van der Waals surface area contributed by atoms with E-state index in [0.29, 0.717) is 5.56 Å². The molecule has 1 saturated heterocycles. The third-order valence-electron chi connectivity index (χ3n) is 5.21. The molecule has 0 radical (unpaired) electrons. The van der Waals surface area contributed by atoms with Gasteiger partial charge >= 0.3 is 5.97 Å². The Hall–Kier alpha value is -2.73. The van der Waals surface area contributed by atoms with Gasteiger partial charge < -0.3 is 5.11 Å². The van der Waals surface area contributed by atoms with Gasteiger partial charge in [-0.3, -0.25) is 4.90 Å². The Morgan fingerprint density at radius 3 is 2.76 bits per heavy atom. The second-order valence-electron chi connectivity index (χ2n) is 6.73. The Bertz CT molecular complexity index is 919. The summed E-state index contributed by atoms with van der Waals surface area (Å²) < 4.78 is 1.92. The van der Waals surface area contributed by atoms with Crippen LogP contribution >= 0.6 is 0 Å². The topological polar surface area (TPSA) is 70.7 Å². The van der Waals surface area contributed by atoms with Crippen LogP contribution in [0.3, 0.4) is 0 Å². The summed E-state index contributed by atoms with van der Waals surface area (Å²) in [5, 5.41) is 13.5. The molecule has 3 aromatic rings. The zero-order valence-corrected chi connectivity index (χ0v) is 14.1. The van der Waals surface area contributed by atoms with Gasteiger partial charge in [0.25, 0.3) is 0 Å². The molecule has 25 heavy (non-hydrogen) atoms. The molecule has 6 heteroatoms. The Labute approximate surface area is 145 Å². The van der Waals surface area contributed by atoms with Crippen LogP contribution in [0.15, 0.2) is 48.8 Å². The Balaban J connectivity index is 1.65. The lowest BCUT2D eigenvalue weighted by Gasteiger charge is -2.35. The number of rotatable bonds is 4. The van der Waals surface area contributed by atoms with Crippen molar-refractivity contribution in [2.75, 3.05) is 6.54 Å². The summed E-state index contributed by atoms with van der Waals surface area (Å²) in [7, 11) is 0. The van der Waals surface area contributed by atoms with Crippen molar-refractivity contribution >= 4 is 11.6 Å². The van der Waals surface area contributed by atoms with E-state index in [2.05, 4.69) is 21.9 Å². The molecular weight excluding hydrogens is 316 g/mol. The van der Waals surface area contributed by atoms with Crippen LogP contribution in [0.4, 0.5) is 0 Å². The highest BCUT2D eigenvalue weighted by molar-refractivity contribution is 5.87. The number of hydrogen-bond acceptors (Lipinski definition) is 4. The van der Waals surface area contributed by atoms with Crippen LogP contribution in [-0.2, 0) is 12.1 Å². The third kappa shape index (κ3) is 2.68. The van der Waals surface area contributed by atoms with E-state index in [0.717, 1.165) is 42.8 Å². The van der Waals surface area contributed by atoms with Crippen LogP contribution < -0.4 is 0 Å². The fourth-order valence-corrected chi connectivity index (χ4v) is 3.78. The van der Waals surface area contributed by atoms with Gasteiger partial charge in [-0.1, -0.05) is 12.1 Å². The Kier molecular flexibility index (Phi) is 3.77. The molecule has 1 N–H and O–H groups in total. The van der Waals surface area contributed by atoms with Crippen molar-refractivity contribution in [2.45, 2.75) is 31.8 Å². The Morgan fingerprint density at radius 2 is 2.00 bits per heavy atom. The number of carboxylic acid groups (broad SMARTS) is 1. The normalized spacial score (nSPS) is 21.0. The molecule has 2 aromatic heterocycles. The van der Waals surface area contributed by atoms with Crippen molar-refractivity contribution in [1.29, 1.82) is 0 Å². The van der Waals surface area contributed by atoms with Crippen LogP contribution in [-0.4, -0.2) is 37.1 Å². The van der Waals surface area contributed by atoms with E-state index in [4.69, 9.17) is 5.11 Å². The predicted molar refractivity (Wildman–Crippen MR) is 93.4 cm³/mol. The molecule has 0 saturated carbocycles. The molecule has 0 spiro atoms. The minimum atomic E-state index is -0.893. The smallest absolute Gasteiger partial charge is 0.335 e. The molecule has 1 aliphatic heterocycles. The number of hydrogen-bond donors (Lipinski definition) is 1. The van der Waals surface area contributed by atoms with E-state index >= 15 is 0 Å². The molecule has 6 nitrogen and oxygen atoms in total. The zero-order chi connectivity index (χ0) is 17.4. The van der Waals surface area contributed by atoms with Crippen LogP contribution in [0.25, 0.3) is 5.65 Å². The second-order valence-corrected chi connectivity index (χ2v) is 6.73. The highest BCUT2D eigenvalue weighted by atomic mass is 16.4. The average Bonchev–Trinajstić information content (AvgIpc) is 3.23. The van der Waals surface area contributed by atoms with Crippen molar-refractivity contribution in [3.8, 4) is 0 Å². The van der Waals surface area contributed by atoms with Gasteiger partial charge in [0, 0.05) is 18.8 Å². The number of aromatic nitrogens is 3. The first-order chi connectivity index (χ1) is 12.1. The highest BCUT2D eigenvalue weighted by Crippen LogP contribution is 2.39. The van der Waals surface area contributed by atoms with Crippen molar-refractivity contribution in [2.24, 2.45) is 0 Å². The van der Waals surface area contributed by atoms with Crippen molar-refractivity contribution < 1.29 is 9.90 Å². The van der Waals surface area contributed by atoms with Crippen molar-refractivity contribution in [3.05, 3.63) is 65.6 Å². The third-order valence-corrected chi connectivity index (χ3v) is 5.21. The number of carbonyl (C=O) groups is 1. The first-order valence-electron chi connectivity index (χ1n) is 8.44. The molecule has 3 heterocycles. The monoisotopic (exact) mass is 336 g/mol. The van der Waals surface area contributed by atoms with Gasteiger partial charge in [-0.05, 0) is 50.1 Å². The summed E-state index contributed by atoms with van der Waals surface area (Å²) in [6, 6.07) is 11.1. The van der Waals surface area contributed by atoms with E-state index in [1.165, 1.54) is 0 Å². The lowest BCUT2D eigenvalue weighted by molar-refractivity contribution is 0.0697. The lowest BCUT2D eigenvalue weighted by atomic mass is 9.93. The molecule has 0 unspecified atom stereocenters. The summed E-state index contributed by atoms with van der Waals surface area (Å²) in [5.41, 5.74) is 3.31. The number of fused-ring (bicyclic) bond motifs is 1. The SMILES string of the molecule is C[C@@]1(c2ccnc3ccnn23)CCCN1Cc1ccc(C(=O)O)cc1. The minimum Gasteiger partial charge on any atom is -0.478 e. The molecular formula is C19H20N4O2. The largest absolute Gasteiger partial charge is 0.478 e. The molecule has 0 aliphatic carbocycles. The number of nitrogens with zero attached hydrogens (tertiary/aromatic N) is 4. The van der Waals surface area contributed by atoms with Crippen LogP contribution in [0, 0.1) is 0 Å². The minimum absolute atomic E-state index is 0.126. The molecule has 128 valence electrons. The fraction of sp³-hybridized carbons (Fsp3) is 0.316. The van der Waals surface area contributed by atoms with Crippen LogP contribution in [0.5, 0.6) is 0 Å². The first kappa shape index (κ1) is 15.8. The van der Waals surface area contributed by atoms with Crippen LogP contribution in [0.1, 0.15) is 41.4 Å². The number of likely N-dealkylation sites (tertiary alicyclic amines) is 1. The fourth-order valence-electron chi connectivity index (χ4n) is 3.78. The van der Waals surface area contributed by atoms with Gasteiger partial charge in [0.05, 0.1) is 23.0 Å². The maximum atomic E-state index is 11.0. The number of carboxylic acids is 1. The van der Waals surface area contributed by atoms with Crippen molar-refractivity contribution in [1.82, 2.24) is 19.5 Å². The van der Waals surface area contributed by atoms with E-state index in [9.17, 15) is 4.79 Å². The first-order valence-corrected chi connectivity index (χ1v) is 8.44. The lowest BCUT2D eigenvalue weighted by Crippen LogP contribution is -2.39. The summed E-state index contributed by atoms with van der Waals surface area (Å²) >= 11 is 0. The molecule has 4 rings (SSSR count). The Morgan fingerprint density at radius 1 is 1.20 bits per heavy atom. The van der Waals surface area contributed by atoms with Gasteiger partial charge in [0.2, 0.25) is 0 Å². The van der Waals surface area contributed by atoms with E-state index in [1.54, 1.807) is 18.3 Å². The quantitative estimate of drug-likeness (QED) is 0.793. The van der Waals surface area contributed by atoms with Gasteiger partial charge in [-0.2, -0.15) is 5.10 Å². The van der Waals surface area contributed by atoms with Gasteiger partial charge in [-0.25, -0.2) is 14.3 Å². The number of benzene rings is 1.